The summed E-state index contributed by atoms with van der Waals surface area (Å²) in [6, 6.07) is 5.21. The summed E-state index contributed by atoms with van der Waals surface area (Å²) in [4.78, 5) is 0. The standard InChI is InChI=1S/C17H21BrFN/c18-12-4-5-16(19)11(6-12)9-17(20)8-10-7-15(17)14-3-1-2-13(10)14/h4-6,10,13-15H,1-3,7-9,20H2. The van der Waals surface area contributed by atoms with Gasteiger partial charge in [0.25, 0.3) is 0 Å². The van der Waals surface area contributed by atoms with Gasteiger partial charge in [0.05, 0.1) is 0 Å². The second-order valence-corrected chi connectivity index (χ2v) is 8.13. The van der Waals surface area contributed by atoms with Gasteiger partial charge in [0.1, 0.15) is 5.82 Å². The first-order chi connectivity index (χ1) is 9.57. The molecule has 3 saturated carbocycles. The van der Waals surface area contributed by atoms with E-state index in [2.05, 4.69) is 15.9 Å². The summed E-state index contributed by atoms with van der Waals surface area (Å²) in [5.41, 5.74) is 7.38. The highest BCUT2D eigenvalue weighted by atomic mass is 79.9. The fourth-order valence-corrected chi connectivity index (χ4v) is 5.96. The molecule has 2 bridgehead atoms. The van der Waals surface area contributed by atoms with E-state index < -0.39 is 0 Å². The number of hydrogen-bond donors (Lipinski definition) is 1. The van der Waals surface area contributed by atoms with Gasteiger partial charge in [0.15, 0.2) is 0 Å². The Labute approximate surface area is 128 Å². The van der Waals surface area contributed by atoms with Gasteiger partial charge >= 0.3 is 0 Å². The minimum absolute atomic E-state index is 0.108. The van der Waals surface area contributed by atoms with Gasteiger partial charge in [-0.2, -0.15) is 0 Å². The highest BCUT2D eigenvalue weighted by Crippen LogP contribution is 2.62. The Morgan fingerprint density at radius 3 is 2.95 bits per heavy atom. The first-order valence-corrected chi connectivity index (χ1v) is 8.59. The van der Waals surface area contributed by atoms with Crippen molar-refractivity contribution in [3.63, 3.8) is 0 Å². The van der Waals surface area contributed by atoms with Crippen molar-refractivity contribution < 1.29 is 4.39 Å². The second-order valence-electron chi connectivity index (χ2n) is 7.21. The lowest BCUT2D eigenvalue weighted by Gasteiger charge is -2.40. The van der Waals surface area contributed by atoms with Crippen molar-refractivity contribution in [1.82, 2.24) is 0 Å². The lowest BCUT2D eigenvalue weighted by Crippen LogP contribution is -2.51. The molecule has 0 amide bonds. The normalized spacial score (nSPS) is 42.1. The molecule has 5 atom stereocenters. The summed E-state index contributed by atoms with van der Waals surface area (Å²) in [6.07, 6.45) is 7.23. The number of halogens is 2. The molecule has 1 aromatic rings. The van der Waals surface area contributed by atoms with Crippen LogP contribution >= 0.6 is 15.9 Å². The molecule has 5 unspecified atom stereocenters. The minimum Gasteiger partial charge on any atom is -0.325 e. The molecule has 20 heavy (non-hydrogen) atoms. The predicted molar refractivity (Wildman–Crippen MR) is 81.8 cm³/mol. The highest BCUT2D eigenvalue weighted by Gasteiger charge is 2.59. The maximum atomic E-state index is 14.0. The van der Waals surface area contributed by atoms with Crippen LogP contribution in [-0.2, 0) is 6.42 Å². The molecular weight excluding hydrogens is 317 g/mol. The Morgan fingerprint density at radius 2 is 2.10 bits per heavy atom. The van der Waals surface area contributed by atoms with Crippen LogP contribution in [-0.4, -0.2) is 5.54 Å². The van der Waals surface area contributed by atoms with Crippen LogP contribution < -0.4 is 5.73 Å². The molecule has 4 rings (SSSR count). The molecule has 0 aromatic heterocycles. The van der Waals surface area contributed by atoms with Gasteiger partial charge in [-0.15, -0.1) is 0 Å². The van der Waals surface area contributed by atoms with Gasteiger partial charge in [-0.25, -0.2) is 4.39 Å². The highest BCUT2D eigenvalue weighted by molar-refractivity contribution is 9.10. The van der Waals surface area contributed by atoms with Crippen molar-refractivity contribution >= 4 is 15.9 Å². The summed E-state index contributed by atoms with van der Waals surface area (Å²) in [7, 11) is 0. The van der Waals surface area contributed by atoms with Crippen molar-refractivity contribution in [3.05, 3.63) is 34.1 Å². The number of fused-ring (bicyclic) bond motifs is 5. The van der Waals surface area contributed by atoms with E-state index in [0.717, 1.165) is 34.2 Å². The van der Waals surface area contributed by atoms with Gasteiger partial charge in [0, 0.05) is 10.0 Å². The first kappa shape index (κ1) is 13.3. The molecule has 0 radical (unpaired) electrons. The Morgan fingerprint density at radius 1 is 1.30 bits per heavy atom. The smallest absolute Gasteiger partial charge is 0.126 e. The van der Waals surface area contributed by atoms with Crippen LogP contribution in [0.4, 0.5) is 4.39 Å². The van der Waals surface area contributed by atoms with Gasteiger partial charge in [-0.05, 0) is 79.5 Å². The van der Waals surface area contributed by atoms with Crippen LogP contribution in [0.15, 0.2) is 22.7 Å². The summed E-state index contributed by atoms with van der Waals surface area (Å²) < 4.78 is 15.0. The zero-order chi connectivity index (χ0) is 13.9. The Kier molecular flexibility index (Phi) is 3.01. The van der Waals surface area contributed by atoms with Crippen LogP contribution in [0.5, 0.6) is 0 Å². The molecule has 1 aromatic carbocycles. The summed E-state index contributed by atoms with van der Waals surface area (Å²) >= 11 is 3.44. The number of hydrogen-bond acceptors (Lipinski definition) is 1. The van der Waals surface area contributed by atoms with Crippen LogP contribution in [0.25, 0.3) is 0 Å². The molecule has 0 spiro atoms. The molecule has 1 nitrogen and oxygen atoms in total. The third-order valence-corrected chi connectivity index (χ3v) is 6.71. The van der Waals surface area contributed by atoms with E-state index in [0.29, 0.717) is 12.3 Å². The van der Waals surface area contributed by atoms with E-state index in [1.54, 1.807) is 12.1 Å². The van der Waals surface area contributed by atoms with Crippen LogP contribution in [0, 0.1) is 29.5 Å². The van der Waals surface area contributed by atoms with Crippen LogP contribution in [0.3, 0.4) is 0 Å². The quantitative estimate of drug-likeness (QED) is 0.856. The SMILES string of the molecule is NC1(Cc2cc(Br)ccc2F)CC2CC1C1CCCC21. The topological polar surface area (TPSA) is 26.0 Å². The molecular formula is C17H21BrFN. The van der Waals surface area contributed by atoms with Gasteiger partial charge < -0.3 is 5.73 Å². The fraction of sp³-hybridized carbons (Fsp3) is 0.647. The average molecular weight is 338 g/mol. The minimum atomic E-state index is -0.169. The maximum absolute atomic E-state index is 14.0. The summed E-state index contributed by atoms with van der Waals surface area (Å²) in [5, 5.41) is 0. The lowest BCUT2D eigenvalue weighted by atomic mass is 9.69. The van der Waals surface area contributed by atoms with Crippen molar-refractivity contribution in [2.45, 2.75) is 44.1 Å². The average Bonchev–Trinajstić information content (AvgIpc) is 3.04. The van der Waals surface area contributed by atoms with Crippen LogP contribution in [0.1, 0.15) is 37.7 Å². The van der Waals surface area contributed by atoms with Crippen molar-refractivity contribution in [1.29, 1.82) is 0 Å². The van der Waals surface area contributed by atoms with Gasteiger partial charge in [-0.3, -0.25) is 0 Å². The molecule has 3 aliphatic rings. The van der Waals surface area contributed by atoms with E-state index in [4.69, 9.17) is 5.73 Å². The maximum Gasteiger partial charge on any atom is 0.126 e. The molecule has 3 fully saturated rings. The number of rotatable bonds is 2. The molecule has 108 valence electrons. The van der Waals surface area contributed by atoms with E-state index in [1.165, 1.54) is 25.7 Å². The molecule has 3 aliphatic carbocycles. The van der Waals surface area contributed by atoms with Crippen molar-refractivity contribution in [3.8, 4) is 0 Å². The lowest BCUT2D eigenvalue weighted by molar-refractivity contribution is 0.155. The number of nitrogens with two attached hydrogens (primary N) is 1. The van der Waals surface area contributed by atoms with Crippen molar-refractivity contribution in [2.24, 2.45) is 29.4 Å². The van der Waals surface area contributed by atoms with E-state index >= 15 is 0 Å². The van der Waals surface area contributed by atoms with E-state index in [-0.39, 0.29) is 11.4 Å². The predicted octanol–water partition coefficient (Wildman–Crippen LogP) is 4.28. The first-order valence-electron chi connectivity index (χ1n) is 7.80. The summed E-state index contributed by atoms with van der Waals surface area (Å²) in [5.74, 6) is 3.09. The fourth-order valence-electron chi connectivity index (χ4n) is 5.55. The van der Waals surface area contributed by atoms with Gasteiger partial charge in [-0.1, -0.05) is 22.4 Å². The molecule has 0 aliphatic heterocycles. The molecule has 3 heteroatoms. The van der Waals surface area contributed by atoms with E-state index in [1.807, 2.05) is 6.07 Å². The molecule has 0 saturated heterocycles. The van der Waals surface area contributed by atoms with Gasteiger partial charge in [0.2, 0.25) is 0 Å². The zero-order valence-corrected chi connectivity index (χ0v) is 13.2. The number of benzene rings is 1. The Bertz CT molecular complexity index is 546. The molecule has 0 heterocycles. The zero-order valence-electron chi connectivity index (χ0n) is 11.6. The summed E-state index contributed by atoms with van der Waals surface area (Å²) in [6.45, 7) is 0. The third-order valence-electron chi connectivity index (χ3n) is 6.21. The Hall–Kier alpha value is -0.410. The third kappa shape index (κ3) is 1.89. The van der Waals surface area contributed by atoms with Crippen LogP contribution in [0.2, 0.25) is 0 Å². The monoisotopic (exact) mass is 337 g/mol. The van der Waals surface area contributed by atoms with Crippen molar-refractivity contribution in [2.75, 3.05) is 0 Å². The Balaban J connectivity index is 1.61. The largest absolute Gasteiger partial charge is 0.325 e. The second kappa shape index (κ2) is 4.54. The van der Waals surface area contributed by atoms with E-state index in [9.17, 15) is 4.39 Å². The molecule has 2 N–H and O–H groups in total.